The van der Waals surface area contributed by atoms with Gasteiger partial charge in [-0.05, 0) is 26.3 Å². The Morgan fingerprint density at radius 3 is 2.50 bits per heavy atom. The Balaban J connectivity index is 3.82. The van der Waals surface area contributed by atoms with E-state index in [0.29, 0.717) is 0 Å². The fourth-order valence-corrected chi connectivity index (χ4v) is 0.410. The molecule has 0 saturated heterocycles. The first-order valence-electron chi connectivity index (χ1n) is 3.52. The summed E-state index contributed by atoms with van der Waals surface area (Å²) in [6.07, 6.45) is 4.89. The van der Waals surface area contributed by atoms with E-state index in [-0.39, 0.29) is 0 Å². The zero-order chi connectivity index (χ0) is 7.98. The summed E-state index contributed by atoms with van der Waals surface area (Å²) < 4.78 is 0. The van der Waals surface area contributed by atoms with Gasteiger partial charge in [0, 0.05) is 11.9 Å². The van der Waals surface area contributed by atoms with Gasteiger partial charge < -0.3 is 0 Å². The lowest BCUT2D eigenvalue weighted by Crippen LogP contribution is -1.73. The lowest BCUT2D eigenvalue weighted by molar-refractivity contribution is 1.10. The molecule has 0 N–H and O–H groups in total. The quantitative estimate of drug-likeness (QED) is 0.530. The lowest BCUT2D eigenvalue weighted by atomic mass is 10.2. The molecule has 0 amide bonds. The van der Waals surface area contributed by atoms with Crippen LogP contribution >= 0.6 is 0 Å². The van der Waals surface area contributed by atoms with Gasteiger partial charge in [-0.2, -0.15) is 0 Å². The van der Waals surface area contributed by atoms with E-state index in [1.54, 1.807) is 6.21 Å². The molecular formula is C9H15N. The summed E-state index contributed by atoms with van der Waals surface area (Å²) in [6, 6.07) is 0. The second-order valence-electron chi connectivity index (χ2n) is 2.38. The molecule has 0 spiro atoms. The van der Waals surface area contributed by atoms with Crippen LogP contribution < -0.4 is 0 Å². The Morgan fingerprint density at radius 1 is 1.50 bits per heavy atom. The van der Waals surface area contributed by atoms with Crippen molar-refractivity contribution in [3.8, 4) is 0 Å². The lowest BCUT2D eigenvalue weighted by Gasteiger charge is -1.88. The highest BCUT2D eigenvalue weighted by molar-refractivity contribution is 5.72. The van der Waals surface area contributed by atoms with Crippen LogP contribution in [0.1, 0.15) is 27.2 Å². The summed E-state index contributed by atoms with van der Waals surface area (Å²) in [6.45, 7) is 9.74. The van der Waals surface area contributed by atoms with E-state index in [9.17, 15) is 0 Å². The Bertz CT molecular complexity index is 164. The maximum atomic E-state index is 4.02. The van der Waals surface area contributed by atoms with Crippen molar-refractivity contribution in [2.75, 3.05) is 0 Å². The average molecular weight is 137 g/mol. The first-order chi connectivity index (χ1) is 4.66. The first-order valence-corrected chi connectivity index (χ1v) is 3.52. The summed E-state index contributed by atoms with van der Waals surface area (Å²) in [5.74, 6) is 0. The van der Waals surface area contributed by atoms with E-state index in [0.717, 1.165) is 12.1 Å². The number of hydrogen-bond acceptors (Lipinski definition) is 1. The van der Waals surface area contributed by atoms with Gasteiger partial charge in [0.15, 0.2) is 0 Å². The maximum Gasteiger partial charge on any atom is 0.0300 e. The fourth-order valence-electron chi connectivity index (χ4n) is 0.410. The van der Waals surface area contributed by atoms with Crippen LogP contribution in [0.25, 0.3) is 0 Å². The van der Waals surface area contributed by atoms with Gasteiger partial charge in [-0.15, -0.1) is 0 Å². The normalized spacial score (nSPS) is 12.5. The Kier molecular flexibility index (Phi) is 4.55. The van der Waals surface area contributed by atoms with Crippen molar-refractivity contribution in [3.63, 3.8) is 0 Å². The van der Waals surface area contributed by atoms with Gasteiger partial charge in [-0.1, -0.05) is 19.1 Å². The SMILES string of the molecule is C=C(C)/N=C\C=C(/C)CC. The zero-order valence-electron chi connectivity index (χ0n) is 7.02. The summed E-state index contributed by atoms with van der Waals surface area (Å²) in [4.78, 5) is 4.02. The zero-order valence-corrected chi connectivity index (χ0v) is 7.02. The molecule has 0 bridgehead atoms. The van der Waals surface area contributed by atoms with Crippen LogP contribution in [-0.2, 0) is 0 Å². The molecule has 1 nitrogen and oxygen atoms in total. The number of rotatable bonds is 3. The number of nitrogens with zero attached hydrogens (tertiary/aromatic N) is 1. The second kappa shape index (κ2) is 4.98. The maximum absolute atomic E-state index is 4.02. The second-order valence-corrected chi connectivity index (χ2v) is 2.38. The molecule has 0 aromatic carbocycles. The smallest absolute Gasteiger partial charge is 0.0300 e. The van der Waals surface area contributed by atoms with Gasteiger partial charge in [-0.3, -0.25) is 4.99 Å². The molecule has 0 saturated carbocycles. The summed E-state index contributed by atoms with van der Waals surface area (Å²) >= 11 is 0. The van der Waals surface area contributed by atoms with Crippen LogP contribution in [0.15, 0.2) is 28.9 Å². The van der Waals surface area contributed by atoms with Crippen molar-refractivity contribution in [2.24, 2.45) is 4.99 Å². The van der Waals surface area contributed by atoms with Gasteiger partial charge >= 0.3 is 0 Å². The molecule has 0 unspecified atom stereocenters. The van der Waals surface area contributed by atoms with E-state index in [2.05, 4.69) is 25.4 Å². The number of allylic oxidation sites excluding steroid dienone is 3. The van der Waals surface area contributed by atoms with Gasteiger partial charge in [-0.25, -0.2) is 0 Å². The van der Waals surface area contributed by atoms with Crippen LogP contribution in [0.5, 0.6) is 0 Å². The van der Waals surface area contributed by atoms with Crippen molar-refractivity contribution < 1.29 is 0 Å². The highest BCUT2D eigenvalue weighted by Crippen LogP contribution is 1.95. The molecule has 1 heteroatoms. The summed E-state index contributed by atoms with van der Waals surface area (Å²) in [5, 5.41) is 0. The molecule has 0 aromatic heterocycles. The van der Waals surface area contributed by atoms with Gasteiger partial charge in [0.1, 0.15) is 0 Å². The highest BCUT2D eigenvalue weighted by atomic mass is 14.7. The van der Waals surface area contributed by atoms with Crippen LogP contribution in [0.3, 0.4) is 0 Å². The van der Waals surface area contributed by atoms with Crippen LogP contribution in [0, 0.1) is 0 Å². The summed E-state index contributed by atoms with van der Waals surface area (Å²) in [5.41, 5.74) is 2.19. The molecule has 0 aromatic rings. The van der Waals surface area contributed by atoms with Crippen LogP contribution in [0.4, 0.5) is 0 Å². The van der Waals surface area contributed by atoms with Crippen molar-refractivity contribution in [3.05, 3.63) is 23.9 Å². The topological polar surface area (TPSA) is 12.4 Å². The molecule has 0 rings (SSSR count). The first kappa shape index (κ1) is 9.15. The molecule has 0 heterocycles. The van der Waals surface area contributed by atoms with Crippen molar-refractivity contribution in [1.29, 1.82) is 0 Å². The third kappa shape index (κ3) is 5.29. The highest BCUT2D eigenvalue weighted by Gasteiger charge is 1.78. The third-order valence-electron chi connectivity index (χ3n) is 1.21. The Morgan fingerprint density at radius 2 is 2.10 bits per heavy atom. The Labute approximate surface area is 63.2 Å². The molecule has 0 atom stereocenters. The molecule has 10 heavy (non-hydrogen) atoms. The van der Waals surface area contributed by atoms with Gasteiger partial charge in [0.05, 0.1) is 0 Å². The minimum absolute atomic E-state index is 0.847. The summed E-state index contributed by atoms with van der Waals surface area (Å²) in [7, 11) is 0. The van der Waals surface area contributed by atoms with Crippen molar-refractivity contribution >= 4 is 6.21 Å². The van der Waals surface area contributed by atoms with Crippen molar-refractivity contribution in [1.82, 2.24) is 0 Å². The number of aliphatic imine (C=N–C) groups is 1. The molecule has 0 fully saturated rings. The molecule has 0 aliphatic heterocycles. The fraction of sp³-hybridized carbons (Fsp3) is 0.444. The molecule has 0 aliphatic carbocycles. The standard InChI is InChI=1S/C9H15N/c1-5-9(4)6-7-10-8(2)3/h6-7H,2,5H2,1,3-4H3/b9-6+,10-7-. The predicted molar refractivity (Wildman–Crippen MR) is 47.4 cm³/mol. The van der Waals surface area contributed by atoms with Crippen molar-refractivity contribution in [2.45, 2.75) is 27.2 Å². The van der Waals surface area contributed by atoms with Crippen LogP contribution in [0.2, 0.25) is 0 Å². The van der Waals surface area contributed by atoms with Crippen LogP contribution in [-0.4, -0.2) is 6.21 Å². The number of hydrogen-bond donors (Lipinski definition) is 0. The average Bonchev–Trinajstić information content (AvgIpc) is 1.87. The molecule has 0 radical (unpaired) electrons. The largest absolute Gasteiger partial charge is 0.262 e. The Hall–Kier alpha value is -0.850. The predicted octanol–water partition coefficient (Wildman–Crippen LogP) is 2.95. The van der Waals surface area contributed by atoms with E-state index in [1.807, 2.05) is 13.0 Å². The monoisotopic (exact) mass is 137 g/mol. The van der Waals surface area contributed by atoms with E-state index in [4.69, 9.17) is 0 Å². The molecule has 0 aliphatic rings. The van der Waals surface area contributed by atoms with E-state index >= 15 is 0 Å². The molecule has 56 valence electrons. The van der Waals surface area contributed by atoms with Gasteiger partial charge in [0.25, 0.3) is 0 Å². The van der Waals surface area contributed by atoms with E-state index < -0.39 is 0 Å². The van der Waals surface area contributed by atoms with E-state index in [1.165, 1.54) is 5.57 Å². The third-order valence-corrected chi connectivity index (χ3v) is 1.21. The van der Waals surface area contributed by atoms with Gasteiger partial charge in [0.2, 0.25) is 0 Å². The molecular weight excluding hydrogens is 122 g/mol. The minimum Gasteiger partial charge on any atom is -0.262 e. The minimum atomic E-state index is 0.847.